The Morgan fingerprint density at radius 1 is 1.12 bits per heavy atom. The highest BCUT2D eigenvalue weighted by atomic mass is 16.1. The van der Waals surface area contributed by atoms with Crippen LogP contribution in [0.2, 0.25) is 0 Å². The van der Waals surface area contributed by atoms with E-state index in [9.17, 15) is 4.79 Å². The molecule has 0 radical (unpaired) electrons. The van der Waals surface area contributed by atoms with Gasteiger partial charge in [-0.15, -0.1) is 0 Å². The fourth-order valence-electron chi connectivity index (χ4n) is 2.85. The summed E-state index contributed by atoms with van der Waals surface area (Å²) in [5, 5.41) is 11.0. The number of hydrogen-bond acceptors (Lipinski definition) is 5. The van der Waals surface area contributed by atoms with Gasteiger partial charge in [0, 0.05) is 49.4 Å². The highest BCUT2D eigenvalue weighted by Crippen LogP contribution is 2.18. The Morgan fingerprint density at radius 3 is 2.73 bits per heavy atom. The first-order valence-corrected chi connectivity index (χ1v) is 8.13. The van der Waals surface area contributed by atoms with E-state index >= 15 is 0 Å². The van der Waals surface area contributed by atoms with Crippen molar-refractivity contribution in [3.05, 3.63) is 82.8 Å². The van der Waals surface area contributed by atoms with Gasteiger partial charge in [0.1, 0.15) is 5.69 Å². The molecule has 3 heterocycles. The number of benzene rings is 1. The van der Waals surface area contributed by atoms with E-state index in [4.69, 9.17) is 0 Å². The second-order valence-corrected chi connectivity index (χ2v) is 5.93. The van der Waals surface area contributed by atoms with E-state index in [2.05, 4.69) is 25.3 Å². The quantitative estimate of drug-likeness (QED) is 0.613. The molecule has 0 amide bonds. The van der Waals surface area contributed by atoms with E-state index in [1.165, 1.54) is 0 Å². The number of rotatable bonds is 4. The van der Waals surface area contributed by atoms with E-state index in [1.54, 1.807) is 48.8 Å². The Kier molecular flexibility index (Phi) is 4.10. The molecular weight excluding hydrogens is 328 g/mol. The number of aromatic amines is 1. The van der Waals surface area contributed by atoms with Crippen LogP contribution in [0.4, 0.5) is 0 Å². The lowest BCUT2D eigenvalue weighted by Gasteiger charge is -2.07. The molecule has 7 nitrogen and oxygen atoms in total. The summed E-state index contributed by atoms with van der Waals surface area (Å²) in [6.07, 6.45) is 8.90. The smallest absolute Gasteiger partial charge is 0.211 e. The second kappa shape index (κ2) is 6.72. The average Bonchev–Trinajstić information content (AvgIpc) is 3.20. The molecule has 1 N–H and O–H groups in total. The van der Waals surface area contributed by atoms with Gasteiger partial charge in [-0.3, -0.25) is 14.6 Å². The largest absolute Gasteiger partial charge is 0.287 e. The number of H-pyrrole nitrogens is 1. The molecule has 1 aromatic carbocycles. The number of hydrogen-bond donors (Lipinski definition) is 1. The van der Waals surface area contributed by atoms with Gasteiger partial charge in [0.15, 0.2) is 5.82 Å². The molecular formula is C19H16N6O. The van der Waals surface area contributed by atoms with Gasteiger partial charge in [0.25, 0.3) is 0 Å². The van der Waals surface area contributed by atoms with E-state index < -0.39 is 0 Å². The zero-order chi connectivity index (χ0) is 17.9. The number of aryl methyl sites for hydroxylation is 1. The summed E-state index contributed by atoms with van der Waals surface area (Å²) in [5.41, 5.74) is 3.60. The van der Waals surface area contributed by atoms with E-state index in [-0.39, 0.29) is 5.43 Å². The normalized spacial score (nSPS) is 10.8. The third-order valence-electron chi connectivity index (χ3n) is 4.03. The second-order valence-electron chi connectivity index (χ2n) is 5.93. The Labute approximate surface area is 149 Å². The van der Waals surface area contributed by atoms with Crippen LogP contribution in [-0.2, 0) is 13.5 Å². The molecule has 4 rings (SSSR count). The molecule has 3 aromatic heterocycles. The van der Waals surface area contributed by atoms with Crippen molar-refractivity contribution in [3.63, 3.8) is 0 Å². The molecule has 4 aromatic rings. The number of nitrogens with zero attached hydrogens (tertiary/aromatic N) is 5. The fourth-order valence-corrected chi connectivity index (χ4v) is 2.85. The minimum Gasteiger partial charge on any atom is -0.287 e. The summed E-state index contributed by atoms with van der Waals surface area (Å²) >= 11 is 0. The number of nitrogens with one attached hydrogen (secondary N) is 1. The maximum atomic E-state index is 12.8. The standard InChI is InChI=1S/C19H16N6O/c1-25-12-16(15-10-22-23-11-15)18(26)17(24-25)9-13-4-2-5-14(8-13)19-20-6-3-7-21-19/h2-8,10-12H,9H2,1H3,(H,22,23). The van der Waals surface area contributed by atoms with Gasteiger partial charge < -0.3 is 0 Å². The molecule has 26 heavy (non-hydrogen) atoms. The lowest BCUT2D eigenvalue weighted by molar-refractivity contribution is 0.708. The first-order valence-electron chi connectivity index (χ1n) is 8.13. The van der Waals surface area contributed by atoms with E-state index in [0.717, 1.165) is 16.7 Å². The minimum absolute atomic E-state index is 0.0918. The molecule has 0 saturated carbocycles. The molecule has 0 aliphatic rings. The summed E-state index contributed by atoms with van der Waals surface area (Å²) in [4.78, 5) is 21.4. The van der Waals surface area contributed by atoms with Crippen molar-refractivity contribution in [2.75, 3.05) is 0 Å². The van der Waals surface area contributed by atoms with Crippen LogP contribution in [0.3, 0.4) is 0 Å². The van der Waals surface area contributed by atoms with Gasteiger partial charge in [-0.1, -0.05) is 18.2 Å². The van der Waals surface area contributed by atoms with Crippen molar-refractivity contribution in [3.8, 4) is 22.5 Å². The zero-order valence-electron chi connectivity index (χ0n) is 14.1. The molecule has 0 aliphatic heterocycles. The Morgan fingerprint density at radius 2 is 1.96 bits per heavy atom. The maximum absolute atomic E-state index is 12.8. The summed E-state index contributed by atoms with van der Waals surface area (Å²) in [7, 11) is 1.81. The fraction of sp³-hybridized carbons (Fsp3) is 0.105. The van der Waals surface area contributed by atoms with Gasteiger partial charge in [-0.25, -0.2) is 9.97 Å². The molecule has 0 spiro atoms. The molecule has 0 bridgehead atoms. The summed E-state index contributed by atoms with van der Waals surface area (Å²) in [5.74, 6) is 0.655. The van der Waals surface area contributed by atoms with E-state index in [1.807, 2.05) is 24.3 Å². The Hall–Kier alpha value is -3.61. The van der Waals surface area contributed by atoms with Crippen LogP contribution >= 0.6 is 0 Å². The van der Waals surface area contributed by atoms with Crippen molar-refractivity contribution >= 4 is 0 Å². The lowest BCUT2D eigenvalue weighted by Crippen LogP contribution is -2.18. The van der Waals surface area contributed by atoms with Crippen molar-refractivity contribution < 1.29 is 0 Å². The summed E-state index contributed by atoms with van der Waals surface area (Å²) in [6.45, 7) is 0. The van der Waals surface area contributed by atoms with Crippen molar-refractivity contribution in [2.45, 2.75) is 6.42 Å². The minimum atomic E-state index is -0.0918. The monoisotopic (exact) mass is 344 g/mol. The van der Waals surface area contributed by atoms with Gasteiger partial charge in [0.2, 0.25) is 5.43 Å². The zero-order valence-corrected chi connectivity index (χ0v) is 14.1. The summed E-state index contributed by atoms with van der Waals surface area (Å²) in [6, 6.07) is 9.62. The van der Waals surface area contributed by atoms with Crippen LogP contribution in [0, 0.1) is 0 Å². The van der Waals surface area contributed by atoms with E-state index in [0.29, 0.717) is 23.5 Å². The highest BCUT2D eigenvalue weighted by Gasteiger charge is 2.12. The molecule has 128 valence electrons. The maximum Gasteiger partial charge on any atom is 0.211 e. The SMILES string of the molecule is Cn1cc(-c2cn[nH]c2)c(=O)c(Cc2cccc(-c3ncccn3)c2)n1. The predicted molar refractivity (Wildman–Crippen MR) is 97.3 cm³/mol. The van der Waals surface area contributed by atoms with Crippen molar-refractivity contribution in [2.24, 2.45) is 7.05 Å². The van der Waals surface area contributed by atoms with Crippen molar-refractivity contribution in [1.82, 2.24) is 29.9 Å². The first kappa shape index (κ1) is 15.9. The average molecular weight is 344 g/mol. The number of aromatic nitrogens is 6. The van der Waals surface area contributed by atoms with Gasteiger partial charge >= 0.3 is 0 Å². The van der Waals surface area contributed by atoms with Crippen LogP contribution in [0.5, 0.6) is 0 Å². The third kappa shape index (κ3) is 3.14. The van der Waals surface area contributed by atoms with Gasteiger partial charge in [-0.2, -0.15) is 10.2 Å². The highest BCUT2D eigenvalue weighted by molar-refractivity contribution is 5.61. The molecule has 0 unspecified atom stereocenters. The Bertz CT molecular complexity index is 1090. The first-order chi connectivity index (χ1) is 12.7. The molecule has 0 aliphatic carbocycles. The molecule has 0 saturated heterocycles. The van der Waals surface area contributed by atoms with Gasteiger partial charge in [0.05, 0.1) is 11.8 Å². The molecule has 0 atom stereocenters. The predicted octanol–water partition coefficient (Wildman–Crippen LogP) is 2.22. The Balaban J connectivity index is 1.71. The molecule has 7 heteroatoms. The van der Waals surface area contributed by atoms with Crippen LogP contribution in [-0.4, -0.2) is 29.9 Å². The third-order valence-corrected chi connectivity index (χ3v) is 4.03. The molecule has 0 fully saturated rings. The lowest BCUT2D eigenvalue weighted by atomic mass is 10.0. The van der Waals surface area contributed by atoms with Gasteiger partial charge in [-0.05, 0) is 17.7 Å². The van der Waals surface area contributed by atoms with Crippen LogP contribution in [0.25, 0.3) is 22.5 Å². The van der Waals surface area contributed by atoms with Crippen LogP contribution in [0.1, 0.15) is 11.3 Å². The van der Waals surface area contributed by atoms with Crippen LogP contribution in [0.15, 0.2) is 66.1 Å². The van der Waals surface area contributed by atoms with Crippen LogP contribution < -0.4 is 5.43 Å². The van der Waals surface area contributed by atoms with Crippen molar-refractivity contribution in [1.29, 1.82) is 0 Å². The summed E-state index contributed by atoms with van der Waals surface area (Å²) < 4.78 is 1.66. The topological polar surface area (TPSA) is 89.4 Å².